The third-order valence-electron chi connectivity index (χ3n) is 3.40. The molecule has 19 heavy (non-hydrogen) atoms. The summed E-state index contributed by atoms with van der Waals surface area (Å²) in [5.74, 6) is 0.223. The van der Waals surface area contributed by atoms with Gasteiger partial charge in [0.1, 0.15) is 12.2 Å². The second-order valence-electron chi connectivity index (χ2n) is 4.57. The quantitative estimate of drug-likeness (QED) is 0.648. The number of hydrogen-bond donors (Lipinski definition) is 1. The van der Waals surface area contributed by atoms with Crippen molar-refractivity contribution in [1.82, 2.24) is 0 Å². The zero-order chi connectivity index (χ0) is 14.0. The molecule has 0 bridgehead atoms. The summed E-state index contributed by atoms with van der Waals surface area (Å²) in [6.07, 6.45) is -0.185. The number of ether oxygens (including phenoxy) is 2. The van der Waals surface area contributed by atoms with Crippen LogP contribution in [0.4, 0.5) is 5.69 Å². The monoisotopic (exact) mass is 267 g/mol. The molecule has 1 saturated carbocycles. The van der Waals surface area contributed by atoms with Gasteiger partial charge in [-0.15, -0.1) is 0 Å². The molecule has 0 aromatic heterocycles. The molecular formula is C13H17NO5. The highest BCUT2D eigenvalue weighted by atomic mass is 16.6. The minimum absolute atomic E-state index is 0.0457. The van der Waals surface area contributed by atoms with Gasteiger partial charge in [0.2, 0.25) is 0 Å². The fourth-order valence-electron chi connectivity index (χ4n) is 2.17. The molecule has 1 N–H and O–H groups in total. The summed E-state index contributed by atoms with van der Waals surface area (Å²) in [5.41, 5.74) is 0.839. The second-order valence-corrected chi connectivity index (χ2v) is 4.57. The standard InChI is InChI=1S/C13H17NO5/c1-3-8-4-5-11(9(6-8)14(16)17)19-12-7-10(15)13(12)18-2/h4-6,10,12-13,15H,3,7H2,1-2H3. The number of benzene rings is 1. The van der Waals surface area contributed by atoms with Gasteiger partial charge in [-0.25, -0.2) is 0 Å². The van der Waals surface area contributed by atoms with Gasteiger partial charge < -0.3 is 14.6 Å². The van der Waals surface area contributed by atoms with Gasteiger partial charge in [-0.1, -0.05) is 13.0 Å². The lowest BCUT2D eigenvalue weighted by Gasteiger charge is -2.39. The van der Waals surface area contributed by atoms with Crippen molar-refractivity contribution >= 4 is 5.69 Å². The Morgan fingerprint density at radius 3 is 2.79 bits per heavy atom. The normalized spacial score (nSPS) is 25.7. The summed E-state index contributed by atoms with van der Waals surface area (Å²) in [7, 11) is 1.48. The summed E-state index contributed by atoms with van der Waals surface area (Å²) in [4.78, 5) is 10.6. The summed E-state index contributed by atoms with van der Waals surface area (Å²) in [6.45, 7) is 1.93. The summed E-state index contributed by atoms with van der Waals surface area (Å²) >= 11 is 0. The molecular weight excluding hydrogens is 250 g/mol. The van der Waals surface area contributed by atoms with Crippen LogP contribution in [0, 0.1) is 10.1 Å². The molecule has 2 rings (SSSR count). The Bertz CT molecular complexity index is 476. The Morgan fingerprint density at radius 1 is 1.53 bits per heavy atom. The predicted octanol–water partition coefficient (Wildman–Crippen LogP) is 1.68. The summed E-state index contributed by atoms with van der Waals surface area (Å²) < 4.78 is 10.7. The molecule has 6 nitrogen and oxygen atoms in total. The maximum Gasteiger partial charge on any atom is 0.311 e. The van der Waals surface area contributed by atoms with Crippen molar-refractivity contribution in [3.8, 4) is 5.75 Å². The van der Waals surface area contributed by atoms with E-state index in [0.717, 1.165) is 12.0 Å². The minimum atomic E-state index is -0.566. The highest BCUT2D eigenvalue weighted by molar-refractivity contribution is 5.49. The largest absolute Gasteiger partial charge is 0.481 e. The molecule has 0 heterocycles. The number of aryl methyl sites for hydroxylation is 1. The van der Waals surface area contributed by atoms with Gasteiger partial charge in [0.05, 0.1) is 11.0 Å². The van der Waals surface area contributed by atoms with E-state index in [1.54, 1.807) is 12.1 Å². The summed E-state index contributed by atoms with van der Waals surface area (Å²) in [5, 5.41) is 20.5. The SMILES string of the molecule is CCc1ccc(OC2CC(O)C2OC)c([N+](=O)[O-])c1. The maximum absolute atomic E-state index is 11.0. The van der Waals surface area contributed by atoms with Gasteiger partial charge in [-0.2, -0.15) is 0 Å². The number of nitro benzene ring substituents is 1. The van der Waals surface area contributed by atoms with Crippen LogP contribution in [0.15, 0.2) is 18.2 Å². The Labute approximate surface area is 111 Å². The van der Waals surface area contributed by atoms with E-state index in [1.807, 2.05) is 6.92 Å². The molecule has 1 aliphatic rings. The number of aliphatic hydroxyl groups excluding tert-OH is 1. The minimum Gasteiger partial charge on any atom is -0.481 e. The Hall–Kier alpha value is -1.66. The molecule has 0 saturated heterocycles. The third kappa shape index (κ3) is 2.69. The van der Waals surface area contributed by atoms with Gasteiger partial charge in [0.15, 0.2) is 5.75 Å². The smallest absolute Gasteiger partial charge is 0.311 e. The van der Waals surface area contributed by atoms with E-state index in [4.69, 9.17) is 9.47 Å². The average Bonchev–Trinajstić information content (AvgIpc) is 2.38. The van der Waals surface area contributed by atoms with Crippen molar-refractivity contribution in [2.24, 2.45) is 0 Å². The molecule has 104 valence electrons. The predicted molar refractivity (Wildman–Crippen MR) is 68.3 cm³/mol. The van der Waals surface area contributed by atoms with Gasteiger partial charge in [0.25, 0.3) is 0 Å². The van der Waals surface area contributed by atoms with Gasteiger partial charge >= 0.3 is 5.69 Å². The number of methoxy groups -OCH3 is 1. The number of nitrogens with zero attached hydrogens (tertiary/aromatic N) is 1. The molecule has 1 aromatic carbocycles. The Morgan fingerprint density at radius 2 is 2.26 bits per heavy atom. The van der Waals surface area contributed by atoms with Crippen LogP contribution in [-0.4, -0.2) is 35.5 Å². The average molecular weight is 267 g/mol. The number of aliphatic hydroxyl groups is 1. The van der Waals surface area contributed by atoms with Gasteiger partial charge in [-0.3, -0.25) is 10.1 Å². The lowest BCUT2D eigenvalue weighted by Crippen LogP contribution is -2.54. The van der Waals surface area contributed by atoms with Crippen LogP contribution in [0.3, 0.4) is 0 Å². The van der Waals surface area contributed by atoms with E-state index >= 15 is 0 Å². The van der Waals surface area contributed by atoms with Crippen LogP contribution >= 0.6 is 0 Å². The van der Waals surface area contributed by atoms with Crippen molar-refractivity contribution in [3.05, 3.63) is 33.9 Å². The van der Waals surface area contributed by atoms with Crippen LogP contribution in [0.2, 0.25) is 0 Å². The number of rotatable bonds is 5. The van der Waals surface area contributed by atoms with E-state index in [9.17, 15) is 15.2 Å². The topological polar surface area (TPSA) is 81.8 Å². The Kier molecular flexibility index (Phi) is 4.01. The van der Waals surface area contributed by atoms with E-state index < -0.39 is 17.1 Å². The first kappa shape index (κ1) is 13.8. The molecule has 1 fully saturated rings. The molecule has 1 aromatic rings. The highest BCUT2D eigenvalue weighted by Gasteiger charge is 2.43. The van der Waals surface area contributed by atoms with Gasteiger partial charge in [0, 0.05) is 19.6 Å². The van der Waals surface area contributed by atoms with Crippen LogP contribution in [0.5, 0.6) is 5.75 Å². The lowest BCUT2D eigenvalue weighted by atomic mass is 9.88. The highest BCUT2D eigenvalue weighted by Crippen LogP contribution is 2.34. The zero-order valence-electron chi connectivity index (χ0n) is 10.9. The lowest BCUT2D eigenvalue weighted by molar-refractivity contribution is -0.386. The van der Waals surface area contributed by atoms with E-state index in [-0.39, 0.29) is 17.5 Å². The molecule has 0 aliphatic heterocycles. The van der Waals surface area contributed by atoms with E-state index in [1.165, 1.54) is 13.2 Å². The first-order valence-electron chi connectivity index (χ1n) is 6.21. The maximum atomic E-state index is 11.0. The van der Waals surface area contributed by atoms with Crippen LogP contribution in [0.1, 0.15) is 18.9 Å². The number of nitro groups is 1. The van der Waals surface area contributed by atoms with Crippen molar-refractivity contribution in [2.45, 2.75) is 38.1 Å². The molecule has 1 aliphatic carbocycles. The van der Waals surface area contributed by atoms with Crippen LogP contribution in [0.25, 0.3) is 0 Å². The first-order valence-corrected chi connectivity index (χ1v) is 6.21. The van der Waals surface area contributed by atoms with E-state index in [2.05, 4.69) is 0 Å². The van der Waals surface area contributed by atoms with Gasteiger partial charge in [-0.05, 0) is 18.1 Å². The molecule has 6 heteroatoms. The molecule has 3 atom stereocenters. The van der Waals surface area contributed by atoms with Crippen molar-refractivity contribution in [3.63, 3.8) is 0 Å². The van der Waals surface area contributed by atoms with Crippen molar-refractivity contribution in [1.29, 1.82) is 0 Å². The van der Waals surface area contributed by atoms with Crippen molar-refractivity contribution < 1.29 is 19.5 Å². The molecule has 3 unspecified atom stereocenters. The second kappa shape index (κ2) is 5.54. The summed E-state index contributed by atoms with van der Waals surface area (Å²) in [6, 6.07) is 4.93. The molecule has 0 amide bonds. The van der Waals surface area contributed by atoms with Crippen LogP contribution < -0.4 is 4.74 Å². The zero-order valence-corrected chi connectivity index (χ0v) is 10.9. The Balaban J connectivity index is 2.18. The third-order valence-corrected chi connectivity index (χ3v) is 3.40. The fourth-order valence-corrected chi connectivity index (χ4v) is 2.17. The van der Waals surface area contributed by atoms with E-state index in [0.29, 0.717) is 6.42 Å². The van der Waals surface area contributed by atoms with Crippen molar-refractivity contribution in [2.75, 3.05) is 7.11 Å². The number of hydrogen-bond acceptors (Lipinski definition) is 5. The molecule has 0 radical (unpaired) electrons. The fraction of sp³-hybridized carbons (Fsp3) is 0.538. The first-order chi connectivity index (χ1) is 9.06. The molecule has 0 spiro atoms. The van der Waals surface area contributed by atoms with Crippen LogP contribution in [-0.2, 0) is 11.2 Å².